The molecule has 0 radical (unpaired) electrons. The summed E-state index contributed by atoms with van der Waals surface area (Å²) in [6.45, 7) is 4.68. The van der Waals surface area contributed by atoms with Crippen LogP contribution in [-0.2, 0) is 9.59 Å². The standard InChI is InChI=1S/C17H19N3O2S/c1-11(2)12-3-5-14(6-4-12)20-10-13(9-15(20)21)16(22)19-17-18-7-8-23-17/h3-8,11,13H,9-10H2,1-2H3,(H,18,19,22)/t13-/m1/s1. The Morgan fingerprint density at radius 1 is 1.35 bits per heavy atom. The van der Waals surface area contributed by atoms with Crippen LogP contribution in [0.5, 0.6) is 0 Å². The molecule has 23 heavy (non-hydrogen) atoms. The zero-order valence-corrected chi connectivity index (χ0v) is 14.0. The molecule has 1 saturated heterocycles. The van der Waals surface area contributed by atoms with Crippen molar-refractivity contribution in [2.75, 3.05) is 16.8 Å². The molecule has 0 spiro atoms. The number of benzene rings is 1. The minimum Gasteiger partial charge on any atom is -0.312 e. The summed E-state index contributed by atoms with van der Waals surface area (Å²) in [5, 5.41) is 5.15. The van der Waals surface area contributed by atoms with Gasteiger partial charge in [-0.05, 0) is 23.6 Å². The first kappa shape index (κ1) is 15.7. The van der Waals surface area contributed by atoms with E-state index in [1.54, 1.807) is 16.5 Å². The molecule has 0 saturated carbocycles. The van der Waals surface area contributed by atoms with Gasteiger partial charge in [0, 0.05) is 30.2 Å². The number of nitrogens with one attached hydrogen (secondary N) is 1. The van der Waals surface area contributed by atoms with Gasteiger partial charge < -0.3 is 10.2 Å². The zero-order chi connectivity index (χ0) is 16.4. The van der Waals surface area contributed by atoms with Gasteiger partial charge in [0.25, 0.3) is 0 Å². The van der Waals surface area contributed by atoms with Crippen LogP contribution in [0.15, 0.2) is 35.8 Å². The van der Waals surface area contributed by atoms with E-state index in [1.807, 2.05) is 24.3 Å². The van der Waals surface area contributed by atoms with Crippen LogP contribution in [-0.4, -0.2) is 23.3 Å². The first-order valence-electron chi connectivity index (χ1n) is 7.65. The van der Waals surface area contributed by atoms with Crippen molar-refractivity contribution in [3.8, 4) is 0 Å². The van der Waals surface area contributed by atoms with Crippen LogP contribution < -0.4 is 10.2 Å². The van der Waals surface area contributed by atoms with Gasteiger partial charge in [-0.25, -0.2) is 4.98 Å². The molecule has 0 unspecified atom stereocenters. The molecule has 1 N–H and O–H groups in total. The van der Waals surface area contributed by atoms with Gasteiger partial charge in [0.1, 0.15) is 0 Å². The maximum Gasteiger partial charge on any atom is 0.231 e. The number of thiazole rings is 1. The second-order valence-corrected chi connectivity index (χ2v) is 6.87. The van der Waals surface area contributed by atoms with Gasteiger partial charge in [-0.3, -0.25) is 9.59 Å². The minimum absolute atomic E-state index is 0.0124. The van der Waals surface area contributed by atoms with Crippen molar-refractivity contribution < 1.29 is 9.59 Å². The highest BCUT2D eigenvalue weighted by Gasteiger charge is 2.35. The number of hydrogen-bond acceptors (Lipinski definition) is 4. The molecule has 0 bridgehead atoms. The van der Waals surface area contributed by atoms with Crippen LogP contribution in [0, 0.1) is 5.92 Å². The molecule has 6 heteroatoms. The molecule has 1 aromatic heterocycles. The summed E-state index contributed by atoms with van der Waals surface area (Å²) in [5.41, 5.74) is 2.09. The van der Waals surface area contributed by atoms with Crippen molar-refractivity contribution in [1.82, 2.24) is 4.98 Å². The second-order valence-electron chi connectivity index (χ2n) is 5.98. The smallest absolute Gasteiger partial charge is 0.231 e. The van der Waals surface area contributed by atoms with Gasteiger partial charge in [0.2, 0.25) is 11.8 Å². The Morgan fingerprint density at radius 2 is 2.09 bits per heavy atom. The average Bonchev–Trinajstić information content (AvgIpc) is 3.17. The summed E-state index contributed by atoms with van der Waals surface area (Å²) in [4.78, 5) is 30.2. The Kier molecular flexibility index (Phi) is 4.43. The van der Waals surface area contributed by atoms with Crippen molar-refractivity contribution in [2.24, 2.45) is 5.92 Å². The lowest BCUT2D eigenvalue weighted by Gasteiger charge is -2.17. The number of carbonyl (C=O) groups is 2. The third-order valence-corrected chi connectivity index (χ3v) is 4.72. The zero-order valence-electron chi connectivity index (χ0n) is 13.2. The van der Waals surface area contributed by atoms with E-state index in [4.69, 9.17) is 0 Å². The van der Waals surface area contributed by atoms with E-state index in [0.717, 1.165) is 5.69 Å². The van der Waals surface area contributed by atoms with Crippen molar-refractivity contribution in [2.45, 2.75) is 26.2 Å². The van der Waals surface area contributed by atoms with Crippen LogP contribution in [0.25, 0.3) is 0 Å². The van der Waals surface area contributed by atoms with Gasteiger partial charge in [0.05, 0.1) is 5.92 Å². The molecule has 1 aliphatic heterocycles. The van der Waals surface area contributed by atoms with Crippen molar-refractivity contribution in [3.63, 3.8) is 0 Å². The average molecular weight is 329 g/mol. The van der Waals surface area contributed by atoms with Gasteiger partial charge in [0.15, 0.2) is 5.13 Å². The topological polar surface area (TPSA) is 62.3 Å². The van der Waals surface area contributed by atoms with Gasteiger partial charge in [-0.1, -0.05) is 26.0 Å². The van der Waals surface area contributed by atoms with E-state index < -0.39 is 0 Å². The third kappa shape index (κ3) is 3.42. The lowest BCUT2D eigenvalue weighted by atomic mass is 10.0. The Morgan fingerprint density at radius 3 is 2.70 bits per heavy atom. The van der Waals surface area contributed by atoms with Crippen molar-refractivity contribution >= 4 is 34.0 Å². The monoisotopic (exact) mass is 329 g/mol. The number of hydrogen-bond donors (Lipinski definition) is 1. The number of amides is 2. The molecule has 0 aliphatic carbocycles. The van der Waals surface area contributed by atoms with E-state index in [-0.39, 0.29) is 24.2 Å². The van der Waals surface area contributed by atoms with E-state index in [9.17, 15) is 9.59 Å². The van der Waals surface area contributed by atoms with Crippen molar-refractivity contribution in [3.05, 3.63) is 41.4 Å². The molecule has 120 valence electrons. The highest BCUT2D eigenvalue weighted by Crippen LogP contribution is 2.27. The molecular formula is C17H19N3O2S. The molecule has 2 amide bonds. The van der Waals surface area contributed by atoms with Gasteiger partial charge >= 0.3 is 0 Å². The van der Waals surface area contributed by atoms with E-state index in [0.29, 0.717) is 17.6 Å². The van der Waals surface area contributed by atoms with Crippen LogP contribution in [0.3, 0.4) is 0 Å². The number of nitrogens with zero attached hydrogens (tertiary/aromatic N) is 2. The summed E-state index contributed by atoms with van der Waals surface area (Å²) >= 11 is 1.37. The predicted octanol–water partition coefficient (Wildman–Crippen LogP) is 3.26. The maximum absolute atomic E-state index is 12.3. The molecule has 3 rings (SSSR count). The lowest BCUT2D eigenvalue weighted by molar-refractivity contribution is -0.122. The summed E-state index contributed by atoms with van der Waals surface area (Å²) < 4.78 is 0. The highest BCUT2D eigenvalue weighted by atomic mass is 32.1. The summed E-state index contributed by atoms with van der Waals surface area (Å²) in [6, 6.07) is 7.98. The Labute approximate surface area is 139 Å². The fourth-order valence-electron chi connectivity index (χ4n) is 2.66. The first-order valence-corrected chi connectivity index (χ1v) is 8.53. The summed E-state index contributed by atoms with van der Waals surface area (Å²) in [7, 11) is 0. The normalized spacial score (nSPS) is 17.8. The number of anilines is 2. The van der Waals surface area contributed by atoms with Crippen LogP contribution in [0.4, 0.5) is 10.8 Å². The van der Waals surface area contributed by atoms with E-state index in [1.165, 1.54) is 16.9 Å². The molecular weight excluding hydrogens is 310 g/mol. The lowest BCUT2D eigenvalue weighted by Crippen LogP contribution is -2.28. The van der Waals surface area contributed by atoms with Crippen molar-refractivity contribution in [1.29, 1.82) is 0 Å². The predicted molar refractivity (Wildman–Crippen MR) is 91.7 cm³/mol. The number of rotatable bonds is 4. The first-order chi connectivity index (χ1) is 11.0. The van der Waals surface area contributed by atoms with Crippen LogP contribution >= 0.6 is 11.3 Å². The largest absolute Gasteiger partial charge is 0.312 e. The van der Waals surface area contributed by atoms with E-state index >= 15 is 0 Å². The van der Waals surface area contributed by atoms with Gasteiger partial charge in [-0.2, -0.15) is 0 Å². The Balaban J connectivity index is 1.68. The molecule has 2 aromatic rings. The SMILES string of the molecule is CC(C)c1ccc(N2C[C@H](C(=O)Nc3nccs3)CC2=O)cc1. The van der Waals surface area contributed by atoms with E-state index in [2.05, 4.69) is 24.1 Å². The molecule has 1 aromatic carbocycles. The quantitative estimate of drug-likeness (QED) is 0.936. The molecule has 2 heterocycles. The second kappa shape index (κ2) is 6.50. The maximum atomic E-state index is 12.3. The number of carbonyl (C=O) groups excluding carboxylic acids is 2. The molecule has 1 aliphatic rings. The number of aromatic nitrogens is 1. The molecule has 1 atom stereocenters. The highest BCUT2D eigenvalue weighted by molar-refractivity contribution is 7.13. The fraction of sp³-hybridized carbons (Fsp3) is 0.353. The summed E-state index contributed by atoms with van der Waals surface area (Å²) in [6.07, 6.45) is 1.88. The minimum atomic E-state index is -0.337. The fourth-order valence-corrected chi connectivity index (χ4v) is 3.20. The Bertz CT molecular complexity index is 695. The molecule has 5 nitrogen and oxygen atoms in total. The van der Waals surface area contributed by atoms with Crippen LogP contribution in [0.2, 0.25) is 0 Å². The van der Waals surface area contributed by atoms with Crippen LogP contribution in [0.1, 0.15) is 31.7 Å². The third-order valence-electron chi connectivity index (χ3n) is 4.03. The Hall–Kier alpha value is -2.21. The molecule has 1 fully saturated rings. The summed E-state index contributed by atoms with van der Waals surface area (Å²) in [5.74, 6) is -0.0393. The van der Waals surface area contributed by atoms with Gasteiger partial charge in [-0.15, -0.1) is 11.3 Å².